The van der Waals surface area contributed by atoms with E-state index in [9.17, 15) is 4.79 Å². The van der Waals surface area contributed by atoms with E-state index in [0.717, 1.165) is 11.3 Å². The summed E-state index contributed by atoms with van der Waals surface area (Å²) in [6.07, 6.45) is 1.54. The number of aliphatic imine (C=N–C) groups is 1. The molecule has 1 N–H and O–H groups in total. The zero-order chi connectivity index (χ0) is 13.7. The van der Waals surface area contributed by atoms with Crippen LogP contribution in [0.4, 0.5) is 11.4 Å². The SMILES string of the molecule is CC(Nc1ccc(Cl)cc1N=C=O)c1ccccc1. The molecule has 0 radical (unpaired) electrons. The molecular weight excluding hydrogens is 260 g/mol. The number of anilines is 1. The molecular formula is C15H13ClN2O. The lowest BCUT2D eigenvalue weighted by atomic mass is 10.1. The highest BCUT2D eigenvalue weighted by atomic mass is 35.5. The monoisotopic (exact) mass is 272 g/mol. The Bertz CT molecular complexity index is 607. The van der Waals surface area contributed by atoms with Gasteiger partial charge in [-0.15, -0.1) is 0 Å². The van der Waals surface area contributed by atoms with Crippen molar-refractivity contribution in [2.24, 2.45) is 4.99 Å². The molecule has 0 saturated carbocycles. The van der Waals surface area contributed by atoms with E-state index in [4.69, 9.17) is 11.6 Å². The summed E-state index contributed by atoms with van der Waals surface area (Å²) < 4.78 is 0. The first-order chi connectivity index (χ1) is 9.20. The number of halogens is 1. The fourth-order valence-corrected chi connectivity index (χ4v) is 1.99. The largest absolute Gasteiger partial charge is 0.377 e. The Labute approximate surface area is 116 Å². The number of benzene rings is 2. The van der Waals surface area contributed by atoms with E-state index in [2.05, 4.69) is 10.3 Å². The number of hydrogen-bond acceptors (Lipinski definition) is 3. The summed E-state index contributed by atoms with van der Waals surface area (Å²) in [5, 5.41) is 3.84. The molecule has 4 heteroatoms. The molecule has 0 aliphatic rings. The van der Waals surface area contributed by atoms with E-state index >= 15 is 0 Å². The second-order valence-electron chi connectivity index (χ2n) is 4.14. The average Bonchev–Trinajstić information content (AvgIpc) is 2.43. The molecule has 0 bridgehead atoms. The fraction of sp³-hybridized carbons (Fsp3) is 0.133. The van der Waals surface area contributed by atoms with Crippen LogP contribution in [0, 0.1) is 0 Å². The van der Waals surface area contributed by atoms with E-state index in [0.29, 0.717) is 10.7 Å². The Morgan fingerprint density at radius 1 is 1.21 bits per heavy atom. The Hall–Kier alpha value is -2.09. The highest BCUT2D eigenvalue weighted by Crippen LogP contribution is 2.30. The third-order valence-corrected chi connectivity index (χ3v) is 3.03. The number of rotatable bonds is 4. The van der Waals surface area contributed by atoms with Crippen LogP contribution in [0.15, 0.2) is 53.5 Å². The lowest BCUT2D eigenvalue weighted by molar-refractivity contribution is 0.565. The van der Waals surface area contributed by atoms with Crippen LogP contribution in [0.25, 0.3) is 0 Å². The van der Waals surface area contributed by atoms with E-state index in [1.54, 1.807) is 24.3 Å². The van der Waals surface area contributed by atoms with Crippen molar-refractivity contribution in [3.8, 4) is 0 Å². The first-order valence-corrected chi connectivity index (χ1v) is 6.27. The highest BCUT2D eigenvalue weighted by molar-refractivity contribution is 6.31. The second-order valence-corrected chi connectivity index (χ2v) is 4.58. The maximum atomic E-state index is 10.4. The maximum Gasteiger partial charge on any atom is 0.240 e. The number of nitrogens with zero attached hydrogens (tertiary/aromatic N) is 1. The first-order valence-electron chi connectivity index (χ1n) is 5.89. The Morgan fingerprint density at radius 2 is 1.95 bits per heavy atom. The van der Waals surface area contributed by atoms with Crippen molar-refractivity contribution in [3.63, 3.8) is 0 Å². The van der Waals surface area contributed by atoms with Crippen molar-refractivity contribution >= 4 is 29.1 Å². The van der Waals surface area contributed by atoms with Crippen molar-refractivity contribution in [1.82, 2.24) is 0 Å². The standard InChI is InChI=1S/C15H13ClN2O/c1-11(12-5-3-2-4-6-12)18-14-8-7-13(16)9-15(14)17-10-19/h2-9,11,18H,1H3. The number of carbonyl (C=O) groups excluding carboxylic acids is 1. The minimum atomic E-state index is 0.1000. The van der Waals surface area contributed by atoms with Gasteiger partial charge in [0.25, 0.3) is 0 Å². The predicted molar refractivity (Wildman–Crippen MR) is 77.7 cm³/mol. The highest BCUT2D eigenvalue weighted by Gasteiger charge is 2.08. The lowest BCUT2D eigenvalue weighted by Gasteiger charge is -2.16. The number of nitrogens with one attached hydrogen (secondary N) is 1. The molecule has 0 spiro atoms. The molecule has 0 aliphatic carbocycles. The summed E-state index contributed by atoms with van der Waals surface area (Å²) in [7, 11) is 0. The van der Waals surface area contributed by atoms with Gasteiger partial charge in [-0.2, -0.15) is 4.99 Å². The molecule has 0 heterocycles. The third kappa shape index (κ3) is 3.44. The van der Waals surface area contributed by atoms with Gasteiger partial charge in [-0.3, -0.25) is 0 Å². The maximum absolute atomic E-state index is 10.4. The number of isocyanates is 1. The van der Waals surface area contributed by atoms with Crippen molar-refractivity contribution in [3.05, 3.63) is 59.1 Å². The molecule has 0 aliphatic heterocycles. The van der Waals surface area contributed by atoms with Gasteiger partial charge < -0.3 is 5.32 Å². The lowest BCUT2D eigenvalue weighted by Crippen LogP contribution is -2.06. The van der Waals surface area contributed by atoms with Gasteiger partial charge in [0.05, 0.1) is 5.69 Å². The Kier molecular flexibility index (Phi) is 4.35. The summed E-state index contributed by atoms with van der Waals surface area (Å²) in [6.45, 7) is 2.04. The predicted octanol–water partition coefficient (Wildman–Crippen LogP) is 4.48. The summed E-state index contributed by atoms with van der Waals surface area (Å²) in [4.78, 5) is 14.1. The summed E-state index contributed by atoms with van der Waals surface area (Å²) in [5.41, 5.74) is 2.40. The molecule has 2 rings (SSSR count). The van der Waals surface area contributed by atoms with Gasteiger partial charge in [0.1, 0.15) is 5.69 Å². The third-order valence-electron chi connectivity index (χ3n) is 2.80. The van der Waals surface area contributed by atoms with Crippen LogP contribution in [-0.2, 0) is 4.79 Å². The summed E-state index contributed by atoms with van der Waals surface area (Å²) in [5.74, 6) is 0. The molecule has 0 aromatic heterocycles. The fourth-order valence-electron chi connectivity index (χ4n) is 1.83. The molecule has 2 aromatic carbocycles. The van der Waals surface area contributed by atoms with Gasteiger partial charge in [0.15, 0.2) is 0 Å². The van der Waals surface area contributed by atoms with Crippen molar-refractivity contribution in [2.75, 3.05) is 5.32 Å². The molecule has 0 fully saturated rings. The molecule has 19 heavy (non-hydrogen) atoms. The smallest absolute Gasteiger partial charge is 0.240 e. The zero-order valence-electron chi connectivity index (χ0n) is 10.4. The number of hydrogen-bond donors (Lipinski definition) is 1. The van der Waals surface area contributed by atoms with Crippen LogP contribution < -0.4 is 5.32 Å². The van der Waals surface area contributed by atoms with Gasteiger partial charge in [0, 0.05) is 11.1 Å². The average molecular weight is 273 g/mol. The Morgan fingerprint density at radius 3 is 2.63 bits per heavy atom. The van der Waals surface area contributed by atoms with Crippen molar-refractivity contribution < 1.29 is 4.79 Å². The van der Waals surface area contributed by atoms with E-state index in [-0.39, 0.29) is 6.04 Å². The van der Waals surface area contributed by atoms with Gasteiger partial charge in [-0.1, -0.05) is 41.9 Å². The van der Waals surface area contributed by atoms with Crippen LogP contribution >= 0.6 is 11.6 Å². The van der Waals surface area contributed by atoms with Gasteiger partial charge >= 0.3 is 0 Å². The molecule has 0 amide bonds. The minimum absolute atomic E-state index is 0.1000. The minimum Gasteiger partial charge on any atom is -0.377 e. The topological polar surface area (TPSA) is 41.5 Å². The molecule has 1 unspecified atom stereocenters. The van der Waals surface area contributed by atoms with Gasteiger partial charge in [-0.05, 0) is 30.7 Å². The van der Waals surface area contributed by atoms with Crippen LogP contribution in [-0.4, -0.2) is 6.08 Å². The first kappa shape index (κ1) is 13.3. The Balaban J connectivity index is 2.26. The van der Waals surface area contributed by atoms with E-state index in [1.165, 1.54) is 0 Å². The molecule has 3 nitrogen and oxygen atoms in total. The molecule has 96 valence electrons. The second kappa shape index (κ2) is 6.19. The van der Waals surface area contributed by atoms with Crippen molar-refractivity contribution in [2.45, 2.75) is 13.0 Å². The molecule has 1 atom stereocenters. The van der Waals surface area contributed by atoms with Crippen molar-refractivity contribution in [1.29, 1.82) is 0 Å². The van der Waals surface area contributed by atoms with Crippen LogP contribution in [0.1, 0.15) is 18.5 Å². The summed E-state index contributed by atoms with van der Waals surface area (Å²) in [6, 6.07) is 15.3. The van der Waals surface area contributed by atoms with Crippen LogP contribution in [0.2, 0.25) is 5.02 Å². The zero-order valence-corrected chi connectivity index (χ0v) is 11.2. The van der Waals surface area contributed by atoms with Crippen LogP contribution in [0.3, 0.4) is 0 Å². The molecule has 2 aromatic rings. The van der Waals surface area contributed by atoms with Gasteiger partial charge in [0.2, 0.25) is 6.08 Å². The molecule has 0 saturated heterocycles. The van der Waals surface area contributed by atoms with E-state index < -0.39 is 0 Å². The summed E-state index contributed by atoms with van der Waals surface area (Å²) >= 11 is 5.89. The normalized spacial score (nSPS) is 11.5. The quantitative estimate of drug-likeness (QED) is 0.658. The van der Waals surface area contributed by atoms with Gasteiger partial charge in [-0.25, -0.2) is 4.79 Å². The van der Waals surface area contributed by atoms with Crippen LogP contribution in [0.5, 0.6) is 0 Å². The van der Waals surface area contributed by atoms with E-state index in [1.807, 2.05) is 37.3 Å².